The molecule has 21 heavy (non-hydrogen) atoms. The first-order valence-corrected chi connectivity index (χ1v) is 7.91. The van der Waals surface area contributed by atoms with Crippen molar-refractivity contribution in [1.82, 2.24) is 19.8 Å². The molecule has 1 aliphatic rings. The highest BCUT2D eigenvalue weighted by molar-refractivity contribution is 5.75. The zero-order valence-electron chi connectivity index (χ0n) is 13.4. The van der Waals surface area contributed by atoms with Gasteiger partial charge in [0.1, 0.15) is 5.82 Å². The lowest BCUT2D eigenvalue weighted by atomic mass is 9.96. The lowest BCUT2D eigenvalue weighted by Crippen LogP contribution is -2.49. The Morgan fingerprint density at radius 2 is 1.95 bits per heavy atom. The Morgan fingerprint density at radius 1 is 1.24 bits per heavy atom. The highest BCUT2D eigenvalue weighted by Gasteiger charge is 2.35. The number of hydrogen-bond acceptors (Lipinski definition) is 3. The summed E-state index contributed by atoms with van der Waals surface area (Å²) in [4.78, 5) is 7.14. The number of fused-ring (bicyclic) bond motifs is 1. The van der Waals surface area contributed by atoms with Crippen LogP contribution >= 0.6 is 0 Å². The number of aromatic nitrogens is 2. The van der Waals surface area contributed by atoms with Crippen LogP contribution in [-0.4, -0.2) is 40.6 Å². The zero-order chi connectivity index (χ0) is 14.9. The summed E-state index contributed by atoms with van der Waals surface area (Å²) in [5.74, 6) is 1.11. The van der Waals surface area contributed by atoms with Crippen LogP contribution in [-0.2, 0) is 13.6 Å². The van der Waals surface area contributed by atoms with Crippen molar-refractivity contribution < 1.29 is 0 Å². The predicted molar refractivity (Wildman–Crippen MR) is 87.3 cm³/mol. The summed E-state index contributed by atoms with van der Waals surface area (Å²) in [7, 11) is 6.52. The van der Waals surface area contributed by atoms with Gasteiger partial charge >= 0.3 is 0 Å². The van der Waals surface area contributed by atoms with E-state index in [0.29, 0.717) is 5.54 Å². The van der Waals surface area contributed by atoms with E-state index in [4.69, 9.17) is 4.98 Å². The van der Waals surface area contributed by atoms with Gasteiger partial charge in [0.2, 0.25) is 0 Å². The molecule has 1 fully saturated rings. The molecular formula is C17H26N4. The number of likely N-dealkylation sites (N-methyl/N-ethyl adjacent to an activating group) is 1. The molecule has 1 N–H and O–H groups in total. The van der Waals surface area contributed by atoms with Crippen LogP contribution in [0.5, 0.6) is 0 Å². The molecule has 0 aliphatic heterocycles. The number of rotatable bonds is 5. The fraction of sp³-hybridized carbons (Fsp3) is 0.588. The quantitative estimate of drug-likeness (QED) is 0.917. The van der Waals surface area contributed by atoms with Crippen molar-refractivity contribution in [3.05, 3.63) is 30.1 Å². The number of imidazole rings is 1. The van der Waals surface area contributed by atoms with E-state index in [1.54, 1.807) is 0 Å². The minimum absolute atomic E-state index is 0.338. The largest absolute Gasteiger partial charge is 0.330 e. The SMILES string of the molecule is CN(C)C1(CNCc2nc3ccccc3n2C)CCCC1. The van der Waals surface area contributed by atoms with Crippen LogP contribution in [0.2, 0.25) is 0 Å². The van der Waals surface area contributed by atoms with Gasteiger partial charge in [-0.3, -0.25) is 0 Å². The summed E-state index contributed by atoms with van der Waals surface area (Å²) >= 11 is 0. The van der Waals surface area contributed by atoms with E-state index in [-0.39, 0.29) is 0 Å². The van der Waals surface area contributed by atoms with E-state index in [2.05, 4.69) is 54.1 Å². The monoisotopic (exact) mass is 286 g/mol. The Morgan fingerprint density at radius 3 is 2.62 bits per heavy atom. The van der Waals surface area contributed by atoms with Crippen molar-refractivity contribution in [2.75, 3.05) is 20.6 Å². The highest BCUT2D eigenvalue weighted by atomic mass is 15.2. The zero-order valence-corrected chi connectivity index (χ0v) is 13.4. The summed E-state index contributed by atoms with van der Waals surface area (Å²) < 4.78 is 2.19. The van der Waals surface area contributed by atoms with Gasteiger partial charge in [-0.25, -0.2) is 4.98 Å². The van der Waals surface area contributed by atoms with Crippen LogP contribution in [0.3, 0.4) is 0 Å². The third kappa shape index (κ3) is 2.70. The summed E-state index contributed by atoms with van der Waals surface area (Å²) in [6, 6.07) is 8.33. The standard InChI is InChI=1S/C17H26N4/c1-20(2)17(10-6-7-11-17)13-18-12-16-19-14-8-4-5-9-15(14)21(16)3/h4-5,8-9,18H,6-7,10-13H2,1-3H3. The number of nitrogens with one attached hydrogen (secondary N) is 1. The molecule has 0 amide bonds. The van der Waals surface area contributed by atoms with Crippen molar-refractivity contribution in [2.45, 2.75) is 37.8 Å². The second-order valence-electron chi connectivity index (χ2n) is 6.51. The van der Waals surface area contributed by atoms with E-state index >= 15 is 0 Å². The predicted octanol–water partition coefficient (Wildman–Crippen LogP) is 2.54. The molecule has 0 unspecified atom stereocenters. The second-order valence-corrected chi connectivity index (χ2v) is 6.51. The van der Waals surface area contributed by atoms with Crippen LogP contribution in [0, 0.1) is 0 Å². The molecular weight excluding hydrogens is 260 g/mol. The Balaban J connectivity index is 1.68. The first kappa shape index (κ1) is 14.5. The number of nitrogens with zero attached hydrogens (tertiary/aromatic N) is 3. The topological polar surface area (TPSA) is 33.1 Å². The molecule has 0 atom stereocenters. The van der Waals surface area contributed by atoms with Crippen molar-refractivity contribution >= 4 is 11.0 Å². The number of para-hydroxylation sites is 2. The molecule has 4 nitrogen and oxygen atoms in total. The Hall–Kier alpha value is -1.39. The van der Waals surface area contributed by atoms with Gasteiger partial charge in [-0.1, -0.05) is 25.0 Å². The van der Waals surface area contributed by atoms with E-state index < -0.39 is 0 Å². The molecule has 0 spiro atoms. The molecule has 3 rings (SSSR count). The van der Waals surface area contributed by atoms with E-state index in [0.717, 1.165) is 24.4 Å². The highest BCUT2D eigenvalue weighted by Crippen LogP contribution is 2.33. The van der Waals surface area contributed by atoms with Gasteiger partial charge in [-0.05, 0) is 39.1 Å². The van der Waals surface area contributed by atoms with Gasteiger partial charge in [0.15, 0.2) is 0 Å². The van der Waals surface area contributed by atoms with Gasteiger partial charge in [0, 0.05) is 19.1 Å². The lowest BCUT2D eigenvalue weighted by molar-refractivity contribution is 0.153. The molecule has 1 aromatic carbocycles. The summed E-state index contributed by atoms with van der Waals surface area (Å²) in [5.41, 5.74) is 2.63. The van der Waals surface area contributed by atoms with Gasteiger partial charge < -0.3 is 14.8 Å². The van der Waals surface area contributed by atoms with Crippen molar-refractivity contribution in [3.8, 4) is 0 Å². The van der Waals surface area contributed by atoms with Crippen LogP contribution in [0.15, 0.2) is 24.3 Å². The molecule has 4 heteroatoms. The number of aryl methyl sites for hydroxylation is 1. The molecule has 1 saturated carbocycles. The summed E-state index contributed by atoms with van der Waals surface area (Å²) in [5, 5.41) is 3.64. The van der Waals surface area contributed by atoms with E-state index in [1.165, 1.54) is 31.2 Å². The Bertz CT molecular complexity index is 608. The van der Waals surface area contributed by atoms with Crippen LogP contribution in [0.25, 0.3) is 11.0 Å². The van der Waals surface area contributed by atoms with Crippen molar-refractivity contribution in [2.24, 2.45) is 7.05 Å². The number of benzene rings is 1. The Labute approximate surface area is 127 Å². The van der Waals surface area contributed by atoms with Gasteiger partial charge in [-0.2, -0.15) is 0 Å². The molecule has 114 valence electrons. The van der Waals surface area contributed by atoms with Crippen LogP contribution in [0.1, 0.15) is 31.5 Å². The third-order valence-electron chi connectivity index (χ3n) is 5.10. The molecule has 2 aromatic rings. The van der Waals surface area contributed by atoms with Crippen LogP contribution < -0.4 is 5.32 Å². The van der Waals surface area contributed by atoms with Crippen molar-refractivity contribution in [3.63, 3.8) is 0 Å². The smallest absolute Gasteiger partial charge is 0.123 e. The molecule has 1 aromatic heterocycles. The normalized spacial score (nSPS) is 17.9. The molecule has 1 heterocycles. The molecule has 0 bridgehead atoms. The number of hydrogen-bond donors (Lipinski definition) is 1. The van der Waals surface area contributed by atoms with Gasteiger partial charge in [0.05, 0.1) is 17.6 Å². The van der Waals surface area contributed by atoms with Crippen molar-refractivity contribution in [1.29, 1.82) is 0 Å². The maximum atomic E-state index is 4.73. The first-order valence-electron chi connectivity index (χ1n) is 7.91. The minimum Gasteiger partial charge on any atom is -0.330 e. The molecule has 1 aliphatic carbocycles. The maximum Gasteiger partial charge on any atom is 0.123 e. The summed E-state index contributed by atoms with van der Waals surface area (Å²) in [6.07, 6.45) is 5.31. The second kappa shape index (κ2) is 5.78. The third-order valence-corrected chi connectivity index (χ3v) is 5.10. The fourth-order valence-electron chi connectivity index (χ4n) is 3.58. The molecule has 0 saturated heterocycles. The average Bonchev–Trinajstić information content (AvgIpc) is 3.07. The van der Waals surface area contributed by atoms with Gasteiger partial charge in [0.25, 0.3) is 0 Å². The maximum absolute atomic E-state index is 4.73. The lowest BCUT2D eigenvalue weighted by Gasteiger charge is -2.36. The van der Waals surface area contributed by atoms with Crippen LogP contribution in [0.4, 0.5) is 0 Å². The average molecular weight is 286 g/mol. The first-order chi connectivity index (χ1) is 10.1. The van der Waals surface area contributed by atoms with Gasteiger partial charge in [-0.15, -0.1) is 0 Å². The van der Waals surface area contributed by atoms with E-state index in [1.807, 2.05) is 6.07 Å². The van der Waals surface area contributed by atoms with E-state index in [9.17, 15) is 0 Å². The Kier molecular flexibility index (Phi) is 4.00. The summed E-state index contributed by atoms with van der Waals surface area (Å²) in [6.45, 7) is 1.88. The molecule has 0 radical (unpaired) electrons. The minimum atomic E-state index is 0.338. The fourth-order valence-corrected chi connectivity index (χ4v) is 3.58.